The van der Waals surface area contributed by atoms with E-state index in [1.807, 2.05) is 27.7 Å². The van der Waals surface area contributed by atoms with Gasteiger partial charge in [-0.15, -0.1) is 0 Å². The molecular formula is C12H23NO4. The first-order valence-corrected chi connectivity index (χ1v) is 6.09. The zero-order valence-electron chi connectivity index (χ0n) is 11.0. The van der Waals surface area contributed by atoms with Crippen molar-refractivity contribution in [2.24, 2.45) is 5.92 Å². The molecule has 1 aliphatic rings. The zero-order chi connectivity index (χ0) is 13.2. The maximum Gasteiger partial charge on any atom is 0.321 e. The summed E-state index contributed by atoms with van der Waals surface area (Å²) >= 11 is 0. The van der Waals surface area contributed by atoms with Gasteiger partial charge in [-0.1, -0.05) is 13.3 Å². The second kappa shape index (κ2) is 5.33. The Hall–Kier alpha value is -0.650. The number of aliphatic carboxylic acids is 1. The summed E-state index contributed by atoms with van der Waals surface area (Å²) in [6.45, 7) is 8.10. The third-order valence-corrected chi connectivity index (χ3v) is 3.03. The van der Waals surface area contributed by atoms with Crippen LogP contribution >= 0.6 is 0 Å². The number of likely N-dealkylation sites (tertiary alicyclic amines) is 1. The van der Waals surface area contributed by atoms with E-state index in [2.05, 4.69) is 0 Å². The summed E-state index contributed by atoms with van der Waals surface area (Å²) in [6, 6.07) is -0.641. The lowest BCUT2D eigenvalue weighted by molar-refractivity contribution is -0.243. The highest BCUT2D eigenvalue weighted by Crippen LogP contribution is 2.28. The van der Waals surface area contributed by atoms with E-state index in [0.717, 1.165) is 6.42 Å². The molecule has 0 aliphatic carbocycles. The Balaban J connectivity index is 2.69. The van der Waals surface area contributed by atoms with E-state index in [1.165, 1.54) is 4.90 Å². The van der Waals surface area contributed by atoms with E-state index in [0.29, 0.717) is 18.9 Å². The molecule has 100 valence electrons. The fraction of sp³-hybridized carbons (Fsp3) is 0.917. The van der Waals surface area contributed by atoms with Crippen LogP contribution in [0, 0.1) is 5.92 Å². The van der Waals surface area contributed by atoms with Crippen molar-refractivity contribution >= 4 is 5.97 Å². The largest absolute Gasteiger partial charge is 0.480 e. The maximum atomic E-state index is 11.1. The standard InChI is InChI=1S/C12H23NO4/c1-5-8-6-9(10(14)15)13(7-8)11(16)17-12(2,3)4/h8-9,11,16H,5-7H2,1-4H3,(H,14,15)/t8-,9-,11?/m0/s1. The SMILES string of the molecule is CC[C@H]1C[C@@H](C(=O)O)N(C(O)OC(C)(C)C)C1. The van der Waals surface area contributed by atoms with Crippen LogP contribution in [0.2, 0.25) is 0 Å². The highest BCUT2D eigenvalue weighted by molar-refractivity contribution is 5.73. The molecule has 0 bridgehead atoms. The van der Waals surface area contributed by atoms with E-state index < -0.39 is 24.0 Å². The Morgan fingerprint density at radius 3 is 2.53 bits per heavy atom. The van der Waals surface area contributed by atoms with Gasteiger partial charge in [-0.25, -0.2) is 4.90 Å². The average molecular weight is 245 g/mol. The topological polar surface area (TPSA) is 70.0 Å². The second-order valence-electron chi connectivity index (χ2n) is 5.62. The average Bonchev–Trinajstić information content (AvgIpc) is 2.58. The van der Waals surface area contributed by atoms with Crippen LogP contribution in [0.25, 0.3) is 0 Å². The minimum absolute atomic E-state index is 0.314. The van der Waals surface area contributed by atoms with Gasteiger partial charge in [0.2, 0.25) is 6.41 Å². The van der Waals surface area contributed by atoms with Crippen molar-refractivity contribution < 1.29 is 19.7 Å². The van der Waals surface area contributed by atoms with Crippen LogP contribution in [0.5, 0.6) is 0 Å². The van der Waals surface area contributed by atoms with Crippen molar-refractivity contribution in [1.82, 2.24) is 4.90 Å². The van der Waals surface area contributed by atoms with Crippen molar-refractivity contribution in [1.29, 1.82) is 0 Å². The van der Waals surface area contributed by atoms with Gasteiger partial charge >= 0.3 is 5.97 Å². The molecule has 0 radical (unpaired) electrons. The molecule has 0 amide bonds. The van der Waals surface area contributed by atoms with Crippen molar-refractivity contribution in [3.8, 4) is 0 Å². The van der Waals surface area contributed by atoms with Gasteiger partial charge < -0.3 is 14.9 Å². The number of nitrogens with zero attached hydrogens (tertiary/aromatic N) is 1. The van der Waals surface area contributed by atoms with Crippen molar-refractivity contribution in [3.63, 3.8) is 0 Å². The summed E-state index contributed by atoms with van der Waals surface area (Å²) in [5, 5.41) is 19.1. The molecule has 1 saturated heterocycles. The highest BCUT2D eigenvalue weighted by atomic mass is 16.6. The van der Waals surface area contributed by atoms with Gasteiger partial charge in [-0.3, -0.25) is 4.79 Å². The molecule has 5 nitrogen and oxygen atoms in total. The van der Waals surface area contributed by atoms with Gasteiger partial charge in [0.05, 0.1) is 5.60 Å². The smallest absolute Gasteiger partial charge is 0.321 e. The Morgan fingerprint density at radius 1 is 1.53 bits per heavy atom. The molecule has 0 aromatic rings. The molecule has 1 rings (SSSR count). The van der Waals surface area contributed by atoms with Gasteiger partial charge in [0.25, 0.3) is 0 Å². The molecule has 3 atom stereocenters. The third-order valence-electron chi connectivity index (χ3n) is 3.03. The molecule has 0 saturated carbocycles. The number of carboxylic acid groups (broad SMARTS) is 1. The van der Waals surface area contributed by atoms with Gasteiger partial charge in [0, 0.05) is 6.54 Å². The van der Waals surface area contributed by atoms with Gasteiger partial charge in [0.1, 0.15) is 6.04 Å². The predicted octanol–water partition coefficient (Wildman–Crippen LogP) is 1.26. The number of aliphatic hydroxyl groups is 1. The molecule has 1 fully saturated rings. The molecule has 2 N–H and O–H groups in total. The van der Waals surface area contributed by atoms with Crippen LogP contribution in [0.15, 0.2) is 0 Å². The first kappa shape index (κ1) is 14.4. The van der Waals surface area contributed by atoms with Crippen LogP contribution in [0.3, 0.4) is 0 Å². The monoisotopic (exact) mass is 245 g/mol. The highest BCUT2D eigenvalue weighted by Gasteiger charge is 2.40. The van der Waals surface area contributed by atoms with E-state index in [4.69, 9.17) is 9.84 Å². The summed E-state index contributed by atoms with van der Waals surface area (Å²) in [5.41, 5.74) is -0.493. The van der Waals surface area contributed by atoms with Gasteiger partial charge in [-0.05, 0) is 33.1 Å². The molecule has 17 heavy (non-hydrogen) atoms. The first-order chi connectivity index (χ1) is 7.74. The van der Waals surface area contributed by atoms with Crippen molar-refractivity contribution in [2.75, 3.05) is 6.54 Å². The summed E-state index contributed by atoms with van der Waals surface area (Å²) in [7, 11) is 0. The molecule has 5 heteroatoms. The first-order valence-electron chi connectivity index (χ1n) is 6.09. The van der Waals surface area contributed by atoms with E-state index in [1.54, 1.807) is 0 Å². The molecule has 1 unspecified atom stereocenters. The Morgan fingerprint density at radius 2 is 2.12 bits per heavy atom. The summed E-state index contributed by atoms with van der Waals surface area (Å²) in [4.78, 5) is 12.7. The normalized spacial score (nSPS) is 28.3. The number of carboxylic acids is 1. The molecule has 1 heterocycles. The minimum atomic E-state index is -1.15. The van der Waals surface area contributed by atoms with Crippen LogP contribution in [0.4, 0.5) is 0 Å². The van der Waals surface area contributed by atoms with Crippen LogP contribution < -0.4 is 0 Å². The van der Waals surface area contributed by atoms with Gasteiger partial charge in [-0.2, -0.15) is 0 Å². The van der Waals surface area contributed by atoms with E-state index in [9.17, 15) is 9.90 Å². The number of ether oxygens (including phenoxy) is 1. The number of rotatable bonds is 4. The lowest BCUT2D eigenvalue weighted by atomic mass is 10.0. The number of aliphatic hydroxyl groups excluding tert-OH is 1. The zero-order valence-corrected chi connectivity index (χ0v) is 11.0. The van der Waals surface area contributed by atoms with Gasteiger partial charge in [0.15, 0.2) is 0 Å². The summed E-state index contributed by atoms with van der Waals surface area (Å²) in [6.07, 6.45) is 0.353. The summed E-state index contributed by atoms with van der Waals surface area (Å²) < 4.78 is 5.41. The number of hydrogen-bond donors (Lipinski definition) is 2. The molecule has 1 aliphatic heterocycles. The third kappa shape index (κ3) is 3.94. The maximum absolute atomic E-state index is 11.1. The molecular weight excluding hydrogens is 222 g/mol. The van der Waals surface area contributed by atoms with Crippen LogP contribution in [-0.2, 0) is 9.53 Å². The second-order valence-corrected chi connectivity index (χ2v) is 5.62. The molecule has 0 aromatic carbocycles. The fourth-order valence-electron chi connectivity index (χ4n) is 2.12. The predicted molar refractivity (Wildman–Crippen MR) is 63.4 cm³/mol. The lowest BCUT2D eigenvalue weighted by Crippen LogP contribution is -2.47. The van der Waals surface area contributed by atoms with Crippen LogP contribution in [0.1, 0.15) is 40.5 Å². The van der Waals surface area contributed by atoms with Crippen molar-refractivity contribution in [2.45, 2.75) is 58.6 Å². The Labute approximate surface area is 102 Å². The minimum Gasteiger partial charge on any atom is -0.480 e. The summed E-state index contributed by atoms with van der Waals surface area (Å²) in [5.74, 6) is -0.577. The Kier molecular flexibility index (Phi) is 4.52. The Bertz CT molecular complexity index is 274. The van der Waals surface area contributed by atoms with E-state index >= 15 is 0 Å². The lowest BCUT2D eigenvalue weighted by Gasteiger charge is -2.32. The number of carbonyl (C=O) groups is 1. The van der Waals surface area contributed by atoms with Crippen molar-refractivity contribution in [3.05, 3.63) is 0 Å². The van der Waals surface area contributed by atoms with E-state index in [-0.39, 0.29) is 0 Å². The van der Waals surface area contributed by atoms with Crippen LogP contribution in [-0.4, -0.2) is 45.7 Å². The quantitative estimate of drug-likeness (QED) is 0.730. The molecule has 0 spiro atoms. The fourth-order valence-corrected chi connectivity index (χ4v) is 2.12. The number of hydrogen-bond acceptors (Lipinski definition) is 4. The molecule has 0 aromatic heterocycles.